The molecule has 0 aliphatic carbocycles. The molecule has 1 amide bonds. The number of aromatic nitrogens is 1. The zero-order valence-corrected chi connectivity index (χ0v) is 12.1. The van der Waals surface area contributed by atoms with E-state index in [1.54, 1.807) is 24.4 Å². The fourth-order valence-corrected chi connectivity index (χ4v) is 2.09. The van der Waals surface area contributed by atoms with Crippen LogP contribution < -0.4 is 10.2 Å². The maximum Gasteiger partial charge on any atom is 0.274 e. The molecule has 1 aromatic heterocycles. The molecule has 4 nitrogen and oxygen atoms in total. The van der Waals surface area contributed by atoms with Gasteiger partial charge in [0.25, 0.3) is 5.91 Å². The average Bonchev–Trinajstić information content (AvgIpc) is 2.49. The maximum atomic E-state index is 13.1. The van der Waals surface area contributed by atoms with E-state index in [9.17, 15) is 9.18 Å². The smallest absolute Gasteiger partial charge is 0.274 e. The van der Waals surface area contributed by atoms with Crippen molar-refractivity contribution in [2.45, 2.75) is 13.8 Å². The van der Waals surface area contributed by atoms with E-state index in [1.165, 1.54) is 12.1 Å². The van der Waals surface area contributed by atoms with Crippen LogP contribution in [0.3, 0.4) is 0 Å². The molecule has 1 aromatic carbocycles. The van der Waals surface area contributed by atoms with E-state index < -0.39 is 5.82 Å². The third-order valence-electron chi connectivity index (χ3n) is 3.19. The van der Waals surface area contributed by atoms with E-state index in [0.29, 0.717) is 11.4 Å². The van der Waals surface area contributed by atoms with Crippen LogP contribution in [0.25, 0.3) is 0 Å². The lowest BCUT2D eigenvalue weighted by molar-refractivity contribution is 0.102. The molecule has 2 rings (SSSR count). The third-order valence-corrected chi connectivity index (χ3v) is 3.19. The Labute approximate surface area is 123 Å². The number of nitrogens with one attached hydrogen (secondary N) is 1. The van der Waals surface area contributed by atoms with Gasteiger partial charge in [0.2, 0.25) is 0 Å². The highest BCUT2D eigenvalue weighted by molar-refractivity contribution is 6.03. The number of benzene rings is 1. The van der Waals surface area contributed by atoms with Gasteiger partial charge in [0, 0.05) is 30.7 Å². The second kappa shape index (κ2) is 6.83. The van der Waals surface area contributed by atoms with Crippen LogP contribution in [-0.4, -0.2) is 24.0 Å². The molecule has 0 saturated heterocycles. The van der Waals surface area contributed by atoms with Crippen molar-refractivity contribution in [3.63, 3.8) is 0 Å². The predicted octanol–water partition coefficient (Wildman–Crippen LogP) is 3.32. The molecular formula is C16H18FN3O. The minimum Gasteiger partial charge on any atom is -0.372 e. The molecule has 0 spiro atoms. The molecule has 0 aliphatic rings. The number of halogens is 1. The predicted molar refractivity (Wildman–Crippen MR) is 82.2 cm³/mol. The number of anilines is 2. The first-order chi connectivity index (χ1) is 10.1. The average molecular weight is 287 g/mol. The van der Waals surface area contributed by atoms with Crippen LogP contribution in [0.2, 0.25) is 0 Å². The first-order valence-electron chi connectivity index (χ1n) is 6.92. The standard InChI is InChI=1S/C16H18FN3O/c1-3-20(4-2)14-8-9-18-15(11-14)16(21)19-13-7-5-6-12(17)10-13/h5-11H,3-4H2,1-2H3,(H,19,21). The molecule has 0 aliphatic heterocycles. The number of rotatable bonds is 5. The zero-order chi connectivity index (χ0) is 15.2. The first-order valence-corrected chi connectivity index (χ1v) is 6.92. The van der Waals surface area contributed by atoms with E-state index in [2.05, 4.69) is 29.0 Å². The monoisotopic (exact) mass is 287 g/mol. The van der Waals surface area contributed by atoms with Gasteiger partial charge >= 0.3 is 0 Å². The fourth-order valence-electron chi connectivity index (χ4n) is 2.09. The molecule has 0 unspecified atom stereocenters. The van der Waals surface area contributed by atoms with Crippen LogP contribution >= 0.6 is 0 Å². The van der Waals surface area contributed by atoms with Crippen LogP contribution in [0.1, 0.15) is 24.3 Å². The normalized spacial score (nSPS) is 10.2. The summed E-state index contributed by atoms with van der Waals surface area (Å²) >= 11 is 0. The van der Waals surface area contributed by atoms with Crippen molar-refractivity contribution in [3.8, 4) is 0 Å². The fraction of sp³-hybridized carbons (Fsp3) is 0.250. The molecule has 0 atom stereocenters. The topological polar surface area (TPSA) is 45.2 Å². The van der Waals surface area contributed by atoms with Crippen LogP contribution in [0.5, 0.6) is 0 Å². The lowest BCUT2D eigenvalue weighted by Crippen LogP contribution is -2.23. The highest BCUT2D eigenvalue weighted by Crippen LogP contribution is 2.16. The highest BCUT2D eigenvalue weighted by atomic mass is 19.1. The molecule has 2 aromatic rings. The zero-order valence-electron chi connectivity index (χ0n) is 12.1. The van der Waals surface area contributed by atoms with E-state index in [-0.39, 0.29) is 5.91 Å². The number of carbonyl (C=O) groups excluding carboxylic acids is 1. The summed E-state index contributed by atoms with van der Waals surface area (Å²) in [7, 11) is 0. The molecule has 0 bridgehead atoms. The maximum absolute atomic E-state index is 13.1. The van der Waals surface area contributed by atoms with E-state index in [4.69, 9.17) is 0 Å². The lowest BCUT2D eigenvalue weighted by atomic mass is 10.2. The van der Waals surface area contributed by atoms with Gasteiger partial charge < -0.3 is 10.2 Å². The number of hydrogen-bond donors (Lipinski definition) is 1. The van der Waals surface area contributed by atoms with Gasteiger partial charge in [-0.3, -0.25) is 9.78 Å². The summed E-state index contributed by atoms with van der Waals surface area (Å²) < 4.78 is 13.1. The van der Waals surface area contributed by atoms with Crippen molar-refractivity contribution in [2.75, 3.05) is 23.3 Å². The molecule has 1 N–H and O–H groups in total. The van der Waals surface area contributed by atoms with E-state index in [1.807, 2.05) is 6.07 Å². The minimum absolute atomic E-state index is 0.309. The second-order valence-electron chi connectivity index (χ2n) is 4.54. The third kappa shape index (κ3) is 3.78. The van der Waals surface area contributed by atoms with Gasteiger partial charge in [0.05, 0.1) is 0 Å². The Morgan fingerprint density at radius 1 is 1.24 bits per heavy atom. The number of pyridine rings is 1. The Morgan fingerprint density at radius 2 is 2.00 bits per heavy atom. The Bertz CT molecular complexity index is 626. The summed E-state index contributed by atoms with van der Waals surface area (Å²) in [4.78, 5) is 18.4. The molecule has 5 heteroatoms. The van der Waals surface area contributed by atoms with Crippen molar-refractivity contribution < 1.29 is 9.18 Å². The van der Waals surface area contributed by atoms with Gasteiger partial charge in [-0.25, -0.2) is 4.39 Å². The van der Waals surface area contributed by atoms with E-state index in [0.717, 1.165) is 18.8 Å². The molecule has 0 fully saturated rings. The number of carbonyl (C=O) groups is 1. The van der Waals surface area contributed by atoms with Crippen molar-refractivity contribution >= 4 is 17.3 Å². The molecule has 0 saturated carbocycles. The summed E-state index contributed by atoms with van der Waals surface area (Å²) in [6, 6.07) is 9.38. The van der Waals surface area contributed by atoms with Gasteiger partial charge in [-0.15, -0.1) is 0 Å². The van der Waals surface area contributed by atoms with Gasteiger partial charge in [0.1, 0.15) is 11.5 Å². The largest absolute Gasteiger partial charge is 0.372 e. The van der Waals surface area contributed by atoms with E-state index >= 15 is 0 Å². The SMILES string of the molecule is CCN(CC)c1ccnc(C(=O)Nc2cccc(F)c2)c1. The number of hydrogen-bond acceptors (Lipinski definition) is 3. The molecule has 1 heterocycles. The second-order valence-corrected chi connectivity index (χ2v) is 4.54. The molecule has 110 valence electrons. The Balaban J connectivity index is 2.18. The van der Waals surface area contributed by atoms with Crippen molar-refractivity contribution in [2.24, 2.45) is 0 Å². The van der Waals surface area contributed by atoms with Gasteiger partial charge in [0.15, 0.2) is 0 Å². The number of amides is 1. The summed E-state index contributed by atoms with van der Waals surface area (Å²) in [5.41, 5.74) is 1.66. The van der Waals surface area contributed by atoms with Crippen LogP contribution in [0.15, 0.2) is 42.6 Å². The van der Waals surface area contributed by atoms with Gasteiger partial charge in [-0.05, 0) is 44.2 Å². The van der Waals surface area contributed by atoms with Gasteiger partial charge in [-0.1, -0.05) is 6.07 Å². The van der Waals surface area contributed by atoms with Crippen LogP contribution in [-0.2, 0) is 0 Å². The Kier molecular flexibility index (Phi) is 4.87. The highest BCUT2D eigenvalue weighted by Gasteiger charge is 2.10. The van der Waals surface area contributed by atoms with Crippen LogP contribution in [0, 0.1) is 5.82 Å². The molecule has 21 heavy (non-hydrogen) atoms. The molecular weight excluding hydrogens is 269 g/mol. The molecule has 0 radical (unpaired) electrons. The van der Waals surface area contributed by atoms with Crippen molar-refractivity contribution in [1.82, 2.24) is 4.98 Å². The summed E-state index contributed by atoms with van der Waals surface area (Å²) in [5.74, 6) is -0.743. The summed E-state index contributed by atoms with van der Waals surface area (Å²) in [5, 5.41) is 2.64. The Hall–Kier alpha value is -2.43. The summed E-state index contributed by atoms with van der Waals surface area (Å²) in [6.07, 6.45) is 1.61. The Morgan fingerprint density at radius 3 is 2.67 bits per heavy atom. The summed E-state index contributed by atoms with van der Waals surface area (Å²) in [6.45, 7) is 5.81. The van der Waals surface area contributed by atoms with Gasteiger partial charge in [-0.2, -0.15) is 0 Å². The lowest BCUT2D eigenvalue weighted by Gasteiger charge is -2.21. The van der Waals surface area contributed by atoms with Crippen molar-refractivity contribution in [1.29, 1.82) is 0 Å². The minimum atomic E-state index is -0.391. The first kappa shape index (κ1) is 15.0. The number of nitrogens with zero attached hydrogens (tertiary/aromatic N) is 2. The van der Waals surface area contributed by atoms with Crippen LogP contribution in [0.4, 0.5) is 15.8 Å². The van der Waals surface area contributed by atoms with Crippen molar-refractivity contribution in [3.05, 3.63) is 54.1 Å². The quantitative estimate of drug-likeness (QED) is 0.917.